The molecule has 0 radical (unpaired) electrons. The largest absolute Gasteiger partial charge is 0.369 e. The number of aromatic nitrogens is 4. The molecule has 0 aromatic carbocycles. The molecule has 0 bridgehead atoms. The molecule has 1 aliphatic rings. The molecule has 2 aromatic heterocycles. The molecule has 7 heteroatoms. The van der Waals surface area contributed by atoms with Gasteiger partial charge in [0.2, 0.25) is 0 Å². The third-order valence-electron chi connectivity index (χ3n) is 3.73. The SMILES string of the molecule is C[C@@H]1Cc2c(C(=O)NCCc3cnccn3)n[nH]c2[C@H](C)O1. The van der Waals surface area contributed by atoms with Crippen LogP contribution in [0.2, 0.25) is 0 Å². The lowest BCUT2D eigenvalue weighted by Crippen LogP contribution is -2.29. The van der Waals surface area contributed by atoms with Crippen LogP contribution in [0.3, 0.4) is 0 Å². The van der Waals surface area contributed by atoms with Crippen LogP contribution in [0.25, 0.3) is 0 Å². The van der Waals surface area contributed by atoms with Crippen molar-refractivity contribution in [2.24, 2.45) is 0 Å². The number of ether oxygens (including phenoxy) is 1. The Kier molecular flexibility index (Phi) is 4.15. The Bertz CT molecular complexity index is 655. The number of carbonyl (C=O) groups excluding carboxylic acids is 1. The smallest absolute Gasteiger partial charge is 0.272 e. The van der Waals surface area contributed by atoms with Gasteiger partial charge >= 0.3 is 0 Å². The molecule has 3 rings (SSSR count). The monoisotopic (exact) mass is 301 g/mol. The number of rotatable bonds is 4. The van der Waals surface area contributed by atoms with Gasteiger partial charge < -0.3 is 10.1 Å². The minimum Gasteiger partial charge on any atom is -0.369 e. The van der Waals surface area contributed by atoms with Crippen molar-refractivity contribution in [1.29, 1.82) is 0 Å². The molecule has 0 aliphatic carbocycles. The van der Waals surface area contributed by atoms with E-state index in [1.54, 1.807) is 18.6 Å². The molecule has 1 aliphatic heterocycles. The van der Waals surface area contributed by atoms with E-state index >= 15 is 0 Å². The number of nitrogens with one attached hydrogen (secondary N) is 2. The van der Waals surface area contributed by atoms with Crippen LogP contribution in [-0.4, -0.2) is 38.7 Å². The van der Waals surface area contributed by atoms with Crippen LogP contribution in [0, 0.1) is 0 Å². The van der Waals surface area contributed by atoms with E-state index in [0.717, 1.165) is 17.0 Å². The molecule has 2 aromatic rings. The fourth-order valence-corrected chi connectivity index (χ4v) is 2.71. The standard InChI is InChI=1S/C15H19N5O2/c1-9-7-12-13(10(2)22-9)19-20-14(12)15(21)18-4-3-11-8-16-5-6-17-11/h5-6,8-10H,3-4,7H2,1-2H3,(H,18,21)(H,19,20)/t9-,10+/m1/s1. The molecule has 7 nitrogen and oxygen atoms in total. The van der Waals surface area contributed by atoms with Crippen molar-refractivity contribution >= 4 is 5.91 Å². The summed E-state index contributed by atoms with van der Waals surface area (Å²) in [6.07, 6.45) is 6.33. The van der Waals surface area contributed by atoms with Gasteiger partial charge in [-0.1, -0.05) is 0 Å². The minimum atomic E-state index is -0.164. The Balaban J connectivity index is 1.64. The van der Waals surface area contributed by atoms with Crippen molar-refractivity contribution in [2.75, 3.05) is 6.54 Å². The summed E-state index contributed by atoms with van der Waals surface area (Å²) in [4.78, 5) is 20.5. The van der Waals surface area contributed by atoms with Gasteiger partial charge in [0.1, 0.15) is 0 Å². The van der Waals surface area contributed by atoms with E-state index in [9.17, 15) is 4.79 Å². The van der Waals surface area contributed by atoms with Crippen LogP contribution in [-0.2, 0) is 17.6 Å². The van der Waals surface area contributed by atoms with E-state index in [4.69, 9.17) is 4.74 Å². The molecule has 2 atom stereocenters. The molecule has 0 unspecified atom stereocenters. The summed E-state index contributed by atoms with van der Waals surface area (Å²) >= 11 is 0. The van der Waals surface area contributed by atoms with Crippen molar-refractivity contribution in [1.82, 2.24) is 25.5 Å². The first-order valence-corrected chi connectivity index (χ1v) is 7.41. The average molecular weight is 301 g/mol. The van der Waals surface area contributed by atoms with Gasteiger partial charge in [0, 0.05) is 43.5 Å². The second-order valence-electron chi connectivity index (χ2n) is 5.46. The summed E-state index contributed by atoms with van der Waals surface area (Å²) in [6, 6.07) is 0. The number of carbonyl (C=O) groups is 1. The number of aromatic amines is 1. The van der Waals surface area contributed by atoms with Gasteiger partial charge in [0.15, 0.2) is 5.69 Å². The van der Waals surface area contributed by atoms with Gasteiger partial charge in [-0.05, 0) is 13.8 Å². The Morgan fingerprint density at radius 3 is 3.09 bits per heavy atom. The molecule has 0 saturated heterocycles. The Morgan fingerprint density at radius 2 is 2.32 bits per heavy atom. The van der Waals surface area contributed by atoms with Crippen molar-refractivity contribution in [3.05, 3.63) is 41.2 Å². The minimum absolute atomic E-state index is 0.0626. The normalized spacial score (nSPS) is 20.5. The van der Waals surface area contributed by atoms with Crippen LogP contribution < -0.4 is 5.32 Å². The van der Waals surface area contributed by atoms with Crippen molar-refractivity contribution < 1.29 is 9.53 Å². The number of H-pyrrole nitrogens is 1. The highest BCUT2D eigenvalue weighted by atomic mass is 16.5. The number of nitrogens with zero attached hydrogens (tertiary/aromatic N) is 3. The summed E-state index contributed by atoms with van der Waals surface area (Å²) < 4.78 is 5.73. The molecule has 1 amide bonds. The van der Waals surface area contributed by atoms with Gasteiger partial charge in [-0.15, -0.1) is 0 Å². The molecule has 116 valence electrons. The van der Waals surface area contributed by atoms with Crippen molar-refractivity contribution in [3.8, 4) is 0 Å². The summed E-state index contributed by atoms with van der Waals surface area (Å²) in [7, 11) is 0. The number of fused-ring (bicyclic) bond motifs is 1. The molecular formula is C15H19N5O2. The molecule has 2 N–H and O–H groups in total. The van der Waals surface area contributed by atoms with Gasteiger partial charge in [-0.25, -0.2) is 0 Å². The lowest BCUT2D eigenvalue weighted by Gasteiger charge is -2.25. The van der Waals surface area contributed by atoms with Crippen LogP contribution in [0.4, 0.5) is 0 Å². The van der Waals surface area contributed by atoms with Crippen LogP contribution in [0.1, 0.15) is 47.4 Å². The first kappa shape index (κ1) is 14.6. The second kappa shape index (κ2) is 6.23. The maximum Gasteiger partial charge on any atom is 0.272 e. The first-order valence-electron chi connectivity index (χ1n) is 7.41. The van der Waals surface area contributed by atoms with Crippen molar-refractivity contribution in [2.45, 2.75) is 38.9 Å². The predicted molar refractivity (Wildman–Crippen MR) is 79.3 cm³/mol. The van der Waals surface area contributed by atoms with Gasteiger partial charge in [0.25, 0.3) is 5.91 Å². The summed E-state index contributed by atoms with van der Waals surface area (Å²) in [5.41, 5.74) is 3.18. The van der Waals surface area contributed by atoms with E-state index in [1.165, 1.54) is 0 Å². The van der Waals surface area contributed by atoms with E-state index < -0.39 is 0 Å². The molecule has 22 heavy (non-hydrogen) atoms. The predicted octanol–water partition coefficient (Wildman–Crippen LogP) is 1.19. The lowest BCUT2D eigenvalue weighted by molar-refractivity contribution is -0.00697. The van der Waals surface area contributed by atoms with Crippen LogP contribution >= 0.6 is 0 Å². The van der Waals surface area contributed by atoms with E-state index in [1.807, 2.05) is 13.8 Å². The number of hydrogen-bond acceptors (Lipinski definition) is 5. The molecule has 0 fully saturated rings. The number of amides is 1. The maximum absolute atomic E-state index is 12.3. The van der Waals surface area contributed by atoms with Crippen molar-refractivity contribution in [3.63, 3.8) is 0 Å². The first-order chi connectivity index (χ1) is 10.6. The van der Waals surface area contributed by atoms with Crippen LogP contribution in [0.5, 0.6) is 0 Å². The topological polar surface area (TPSA) is 92.8 Å². The molecule has 3 heterocycles. The highest BCUT2D eigenvalue weighted by Crippen LogP contribution is 2.29. The third kappa shape index (κ3) is 2.99. The highest BCUT2D eigenvalue weighted by molar-refractivity contribution is 5.94. The van der Waals surface area contributed by atoms with Gasteiger partial charge in [-0.3, -0.25) is 19.9 Å². The zero-order valence-corrected chi connectivity index (χ0v) is 12.7. The quantitative estimate of drug-likeness (QED) is 0.885. The summed E-state index contributed by atoms with van der Waals surface area (Å²) in [5, 5.41) is 9.97. The molecular weight excluding hydrogens is 282 g/mol. The highest BCUT2D eigenvalue weighted by Gasteiger charge is 2.29. The Hall–Kier alpha value is -2.28. The van der Waals surface area contributed by atoms with E-state index in [0.29, 0.717) is 25.1 Å². The van der Waals surface area contributed by atoms with E-state index in [2.05, 4.69) is 25.5 Å². The number of hydrogen-bond donors (Lipinski definition) is 2. The van der Waals surface area contributed by atoms with Gasteiger partial charge in [-0.2, -0.15) is 5.10 Å². The Morgan fingerprint density at radius 1 is 1.45 bits per heavy atom. The summed E-state index contributed by atoms with van der Waals surface area (Å²) in [5.74, 6) is -0.164. The molecule has 0 spiro atoms. The zero-order valence-electron chi connectivity index (χ0n) is 12.7. The zero-order chi connectivity index (χ0) is 15.5. The van der Waals surface area contributed by atoms with Gasteiger partial charge in [0.05, 0.1) is 23.6 Å². The average Bonchev–Trinajstić information content (AvgIpc) is 2.92. The van der Waals surface area contributed by atoms with E-state index in [-0.39, 0.29) is 18.1 Å². The van der Waals surface area contributed by atoms with Crippen LogP contribution in [0.15, 0.2) is 18.6 Å². The second-order valence-corrected chi connectivity index (χ2v) is 5.46. The lowest BCUT2D eigenvalue weighted by atomic mass is 9.99. The molecule has 0 saturated carbocycles. The third-order valence-corrected chi connectivity index (χ3v) is 3.73. The maximum atomic E-state index is 12.3. The Labute approximate surface area is 128 Å². The fraction of sp³-hybridized carbons (Fsp3) is 0.467. The fourth-order valence-electron chi connectivity index (χ4n) is 2.71. The summed E-state index contributed by atoms with van der Waals surface area (Å²) in [6.45, 7) is 4.46.